The molecule has 1 saturated heterocycles. The quantitative estimate of drug-likeness (QED) is 0.665. The molecule has 14 heavy (non-hydrogen) atoms. The van der Waals surface area contributed by atoms with Crippen molar-refractivity contribution in [2.75, 3.05) is 27.2 Å². The molecule has 1 fully saturated rings. The predicted molar refractivity (Wildman–Crippen MR) is 58.0 cm³/mol. The molecule has 0 atom stereocenters. The van der Waals surface area contributed by atoms with E-state index in [0.717, 1.165) is 25.9 Å². The van der Waals surface area contributed by atoms with Gasteiger partial charge in [0.2, 0.25) is 0 Å². The third-order valence-corrected chi connectivity index (χ3v) is 3.42. The molecular formula is C11H21N3. The van der Waals surface area contributed by atoms with Crippen LogP contribution in [-0.2, 0) is 0 Å². The lowest BCUT2D eigenvalue weighted by Crippen LogP contribution is -2.53. The molecule has 0 aromatic heterocycles. The summed E-state index contributed by atoms with van der Waals surface area (Å²) in [6.45, 7) is 6.52. The summed E-state index contributed by atoms with van der Waals surface area (Å²) in [4.78, 5) is 4.52. The van der Waals surface area contributed by atoms with Crippen LogP contribution in [0.5, 0.6) is 0 Å². The van der Waals surface area contributed by atoms with E-state index in [4.69, 9.17) is 0 Å². The Morgan fingerprint density at radius 1 is 1.29 bits per heavy atom. The van der Waals surface area contributed by atoms with Gasteiger partial charge in [-0.1, -0.05) is 0 Å². The fourth-order valence-electron chi connectivity index (χ4n) is 2.07. The SMILES string of the molecule is CC(C)N1CCC(C#N)(N(C)C)CC1. The molecule has 1 aliphatic rings. The fourth-order valence-corrected chi connectivity index (χ4v) is 2.07. The van der Waals surface area contributed by atoms with Gasteiger partial charge in [0.05, 0.1) is 6.07 Å². The van der Waals surface area contributed by atoms with Crippen molar-refractivity contribution >= 4 is 0 Å². The van der Waals surface area contributed by atoms with Crippen molar-refractivity contribution in [1.82, 2.24) is 9.80 Å². The summed E-state index contributed by atoms with van der Waals surface area (Å²) >= 11 is 0. The number of hydrogen-bond donors (Lipinski definition) is 0. The molecule has 0 N–H and O–H groups in total. The zero-order chi connectivity index (χ0) is 10.8. The normalized spacial score (nSPS) is 22.6. The van der Waals surface area contributed by atoms with Crippen LogP contribution in [-0.4, -0.2) is 48.6 Å². The number of likely N-dealkylation sites (tertiary alicyclic amines) is 1. The van der Waals surface area contributed by atoms with E-state index in [9.17, 15) is 5.26 Å². The van der Waals surface area contributed by atoms with Crippen LogP contribution in [0, 0.1) is 11.3 Å². The Bertz CT molecular complexity index is 219. The summed E-state index contributed by atoms with van der Waals surface area (Å²) in [6.07, 6.45) is 1.93. The largest absolute Gasteiger partial charge is 0.301 e. The maximum Gasteiger partial charge on any atom is 0.111 e. The van der Waals surface area contributed by atoms with Crippen molar-refractivity contribution in [2.45, 2.75) is 38.3 Å². The molecular weight excluding hydrogens is 174 g/mol. The molecule has 0 unspecified atom stereocenters. The van der Waals surface area contributed by atoms with Crippen molar-refractivity contribution < 1.29 is 0 Å². The van der Waals surface area contributed by atoms with E-state index in [1.54, 1.807) is 0 Å². The highest BCUT2D eigenvalue weighted by Crippen LogP contribution is 2.26. The van der Waals surface area contributed by atoms with Crippen LogP contribution in [0.3, 0.4) is 0 Å². The van der Waals surface area contributed by atoms with Crippen molar-refractivity contribution in [3.63, 3.8) is 0 Å². The van der Waals surface area contributed by atoms with E-state index in [0.29, 0.717) is 6.04 Å². The van der Waals surface area contributed by atoms with Gasteiger partial charge in [0, 0.05) is 19.1 Å². The molecule has 0 radical (unpaired) electrons. The number of rotatable bonds is 2. The Morgan fingerprint density at radius 3 is 2.07 bits per heavy atom. The van der Waals surface area contributed by atoms with Crippen LogP contribution in [0.1, 0.15) is 26.7 Å². The van der Waals surface area contributed by atoms with E-state index in [1.165, 1.54) is 0 Å². The van der Waals surface area contributed by atoms with E-state index < -0.39 is 0 Å². The third kappa shape index (κ3) is 2.08. The van der Waals surface area contributed by atoms with E-state index in [2.05, 4.69) is 29.7 Å². The minimum atomic E-state index is -0.217. The summed E-state index contributed by atoms with van der Waals surface area (Å²) in [6, 6.07) is 3.08. The van der Waals surface area contributed by atoms with Gasteiger partial charge in [-0.2, -0.15) is 5.26 Å². The highest BCUT2D eigenvalue weighted by Gasteiger charge is 2.37. The molecule has 3 nitrogen and oxygen atoms in total. The standard InChI is InChI=1S/C11H21N3/c1-10(2)14-7-5-11(9-12,6-8-14)13(3)4/h10H,5-8H2,1-4H3. The second kappa shape index (κ2) is 4.29. The van der Waals surface area contributed by atoms with Gasteiger partial charge in [0.15, 0.2) is 0 Å². The van der Waals surface area contributed by atoms with Crippen molar-refractivity contribution in [1.29, 1.82) is 5.26 Å². The number of nitriles is 1. The van der Waals surface area contributed by atoms with E-state index in [1.807, 2.05) is 14.1 Å². The van der Waals surface area contributed by atoms with Gasteiger partial charge in [-0.15, -0.1) is 0 Å². The summed E-state index contributed by atoms with van der Waals surface area (Å²) in [7, 11) is 4.02. The molecule has 1 heterocycles. The molecule has 0 saturated carbocycles. The first-order valence-corrected chi connectivity index (χ1v) is 5.34. The second-order valence-electron chi connectivity index (χ2n) is 4.67. The van der Waals surface area contributed by atoms with Gasteiger partial charge >= 0.3 is 0 Å². The molecule has 1 rings (SSSR count). The van der Waals surface area contributed by atoms with Crippen LogP contribution in [0.2, 0.25) is 0 Å². The summed E-state index contributed by atoms with van der Waals surface area (Å²) in [5, 5.41) is 9.23. The van der Waals surface area contributed by atoms with Gasteiger partial charge in [-0.3, -0.25) is 4.90 Å². The molecule has 0 aromatic carbocycles. The Balaban J connectivity index is 2.61. The minimum Gasteiger partial charge on any atom is -0.301 e. The molecule has 0 spiro atoms. The Hall–Kier alpha value is -0.590. The maximum absolute atomic E-state index is 9.23. The summed E-state index contributed by atoms with van der Waals surface area (Å²) < 4.78 is 0. The third-order valence-electron chi connectivity index (χ3n) is 3.42. The minimum absolute atomic E-state index is 0.217. The molecule has 0 aromatic rings. The first kappa shape index (κ1) is 11.5. The van der Waals surface area contributed by atoms with Crippen molar-refractivity contribution in [3.05, 3.63) is 0 Å². The van der Waals surface area contributed by atoms with E-state index >= 15 is 0 Å². The Labute approximate surface area is 87.3 Å². The number of nitrogens with zero attached hydrogens (tertiary/aromatic N) is 3. The molecule has 80 valence electrons. The second-order valence-corrected chi connectivity index (χ2v) is 4.67. The number of hydrogen-bond acceptors (Lipinski definition) is 3. The monoisotopic (exact) mass is 195 g/mol. The van der Waals surface area contributed by atoms with Gasteiger partial charge in [-0.05, 0) is 40.8 Å². The smallest absolute Gasteiger partial charge is 0.111 e. The number of piperidine rings is 1. The molecule has 3 heteroatoms. The highest BCUT2D eigenvalue weighted by molar-refractivity contribution is 5.09. The average molecular weight is 195 g/mol. The van der Waals surface area contributed by atoms with Gasteiger partial charge in [-0.25, -0.2) is 0 Å². The lowest BCUT2D eigenvalue weighted by molar-refractivity contribution is 0.0813. The van der Waals surface area contributed by atoms with Gasteiger partial charge < -0.3 is 4.90 Å². The lowest BCUT2D eigenvalue weighted by atomic mass is 9.87. The molecule has 1 aliphatic heterocycles. The average Bonchev–Trinajstić information content (AvgIpc) is 2.17. The lowest BCUT2D eigenvalue weighted by Gasteiger charge is -2.42. The Morgan fingerprint density at radius 2 is 1.79 bits per heavy atom. The Kier molecular flexibility index (Phi) is 3.52. The zero-order valence-electron chi connectivity index (χ0n) is 9.75. The van der Waals surface area contributed by atoms with Crippen LogP contribution in [0.4, 0.5) is 0 Å². The molecule has 0 bridgehead atoms. The first-order chi connectivity index (χ1) is 6.52. The predicted octanol–water partition coefficient (Wildman–Crippen LogP) is 1.31. The maximum atomic E-state index is 9.23. The van der Waals surface area contributed by atoms with Crippen LogP contribution >= 0.6 is 0 Å². The summed E-state index contributed by atoms with van der Waals surface area (Å²) in [5.74, 6) is 0. The first-order valence-electron chi connectivity index (χ1n) is 5.34. The van der Waals surface area contributed by atoms with Gasteiger partial charge in [0.25, 0.3) is 0 Å². The topological polar surface area (TPSA) is 30.3 Å². The van der Waals surface area contributed by atoms with E-state index in [-0.39, 0.29) is 5.54 Å². The fraction of sp³-hybridized carbons (Fsp3) is 0.909. The zero-order valence-corrected chi connectivity index (χ0v) is 9.75. The van der Waals surface area contributed by atoms with Crippen LogP contribution in [0.25, 0.3) is 0 Å². The van der Waals surface area contributed by atoms with Crippen LogP contribution in [0.15, 0.2) is 0 Å². The van der Waals surface area contributed by atoms with Crippen molar-refractivity contribution in [3.8, 4) is 6.07 Å². The highest BCUT2D eigenvalue weighted by atomic mass is 15.2. The van der Waals surface area contributed by atoms with Crippen LogP contribution < -0.4 is 0 Å². The summed E-state index contributed by atoms with van der Waals surface area (Å²) in [5.41, 5.74) is -0.217. The molecule has 0 amide bonds. The van der Waals surface area contributed by atoms with Crippen molar-refractivity contribution in [2.24, 2.45) is 0 Å². The van der Waals surface area contributed by atoms with Gasteiger partial charge in [0.1, 0.15) is 5.54 Å². The molecule has 0 aliphatic carbocycles.